The Kier molecular flexibility index (Phi) is 5.15. The molecule has 138 valence electrons. The summed E-state index contributed by atoms with van der Waals surface area (Å²) >= 11 is 5.95. The molecule has 2 aromatic heterocycles. The molecule has 2 N–H and O–H groups in total. The molecule has 8 nitrogen and oxygen atoms in total. The lowest BCUT2D eigenvalue weighted by Crippen LogP contribution is -2.29. The van der Waals surface area contributed by atoms with Crippen molar-refractivity contribution in [2.45, 2.75) is 6.54 Å². The van der Waals surface area contributed by atoms with Gasteiger partial charge in [-0.25, -0.2) is 4.79 Å². The summed E-state index contributed by atoms with van der Waals surface area (Å²) in [4.78, 5) is 33.2. The fourth-order valence-electron chi connectivity index (χ4n) is 2.69. The Morgan fingerprint density at radius 2 is 1.92 bits per heavy atom. The predicted molar refractivity (Wildman–Crippen MR) is 103 cm³/mol. The Morgan fingerprint density at radius 1 is 1.23 bits per heavy atom. The average molecular weight is 377 g/mol. The van der Waals surface area contributed by atoms with Gasteiger partial charge < -0.3 is 10.2 Å². The van der Waals surface area contributed by atoms with Crippen molar-refractivity contribution >= 4 is 28.7 Å². The number of aryl methyl sites for hydroxylation is 1. The minimum absolute atomic E-state index is 0.347. The molecule has 0 atom stereocenters. The monoisotopic (exact) mass is 376 g/mol. The zero-order valence-corrected chi connectivity index (χ0v) is 15.7. The topological polar surface area (TPSA) is 88.0 Å². The van der Waals surface area contributed by atoms with E-state index in [0.717, 1.165) is 12.1 Å². The van der Waals surface area contributed by atoms with Crippen molar-refractivity contribution in [2.75, 3.05) is 32.5 Å². The number of rotatable bonds is 6. The molecule has 0 fully saturated rings. The van der Waals surface area contributed by atoms with E-state index < -0.39 is 11.2 Å². The van der Waals surface area contributed by atoms with Gasteiger partial charge in [-0.2, -0.15) is 4.98 Å². The Bertz CT molecular complexity index is 1030. The maximum absolute atomic E-state index is 12.4. The SMILES string of the molecule is CN(C)CCNc1nc2c(c(=O)[nH]c(=O)n2C)n1Cc1ccc(Cl)cc1. The molecule has 9 heteroatoms. The first-order chi connectivity index (χ1) is 12.4. The molecule has 0 aliphatic carbocycles. The summed E-state index contributed by atoms with van der Waals surface area (Å²) < 4.78 is 3.12. The van der Waals surface area contributed by atoms with Gasteiger partial charge in [-0.3, -0.25) is 18.9 Å². The summed E-state index contributed by atoms with van der Waals surface area (Å²) in [5.41, 5.74) is 0.732. The maximum atomic E-state index is 12.4. The molecule has 0 aliphatic rings. The first-order valence-electron chi connectivity index (χ1n) is 8.19. The number of fused-ring (bicyclic) bond motifs is 1. The van der Waals surface area contributed by atoms with E-state index in [4.69, 9.17) is 11.6 Å². The molecule has 0 amide bonds. The van der Waals surface area contributed by atoms with Crippen LogP contribution in [0.2, 0.25) is 5.02 Å². The first kappa shape index (κ1) is 18.2. The highest BCUT2D eigenvalue weighted by Gasteiger charge is 2.17. The van der Waals surface area contributed by atoms with Crippen LogP contribution in [0.25, 0.3) is 11.2 Å². The molecule has 0 spiro atoms. The van der Waals surface area contributed by atoms with Crippen molar-refractivity contribution in [3.8, 4) is 0 Å². The Hall–Kier alpha value is -2.58. The number of nitrogens with zero attached hydrogens (tertiary/aromatic N) is 4. The van der Waals surface area contributed by atoms with Crippen LogP contribution in [-0.4, -0.2) is 51.2 Å². The number of nitrogens with one attached hydrogen (secondary N) is 2. The average Bonchev–Trinajstić information content (AvgIpc) is 2.94. The van der Waals surface area contributed by atoms with Gasteiger partial charge >= 0.3 is 5.69 Å². The van der Waals surface area contributed by atoms with Gasteiger partial charge in [0.1, 0.15) is 0 Å². The number of H-pyrrole nitrogens is 1. The molecule has 26 heavy (non-hydrogen) atoms. The summed E-state index contributed by atoms with van der Waals surface area (Å²) in [6.07, 6.45) is 0. The van der Waals surface area contributed by atoms with Crippen molar-refractivity contribution in [3.63, 3.8) is 0 Å². The van der Waals surface area contributed by atoms with E-state index in [1.54, 1.807) is 23.7 Å². The van der Waals surface area contributed by atoms with Crippen molar-refractivity contribution in [1.82, 2.24) is 24.0 Å². The molecule has 0 unspecified atom stereocenters. The van der Waals surface area contributed by atoms with E-state index in [-0.39, 0.29) is 0 Å². The molecular formula is C17H21ClN6O2. The molecule has 1 aromatic carbocycles. The fraction of sp³-hybridized carbons (Fsp3) is 0.353. The van der Waals surface area contributed by atoms with Crippen LogP contribution in [0, 0.1) is 0 Å². The Balaban J connectivity index is 2.09. The van der Waals surface area contributed by atoms with E-state index in [1.807, 2.05) is 31.1 Å². The number of hydrogen-bond acceptors (Lipinski definition) is 5. The van der Waals surface area contributed by atoms with Gasteiger partial charge in [-0.1, -0.05) is 23.7 Å². The molecule has 0 saturated heterocycles. The van der Waals surface area contributed by atoms with Crippen LogP contribution >= 0.6 is 11.6 Å². The normalized spacial score (nSPS) is 11.4. The highest BCUT2D eigenvalue weighted by Crippen LogP contribution is 2.18. The van der Waals surface area contributed by atoms with Crippen LogP contribution in [0.1, 0.15) is 5.56 Å². The Labute approximate surface area is 155 Å². The second kappa shape index (κ2) is 7.35. The quantitative estimate of drug-likeness (QED) is 0.672. The number of anilines is 1. The molecule has 0 saturated carbocycles. The molecule has 0 radical (unpaired) electrons. The predicted octanol–water partition coefficient (Wildman–Crippen LogP) is 1.10. The highest BCUT2D eigenvalue weighted by molar-refractivity contribution is 6.30. The van der Waals surface area contributed by atoms with Crippen LogP contribution < -0.4 is 16.6 Å². The largest absolute Gasteiger partial charge is 0.354 e. The van der Waals surface area contributed by atoms with E-state index in [0.29, 0.717) is 35.2 Å². The first-order valence-corrected chi connectivity index (χ1v) is 8.57. The lowest BCUT2D eigenvalue weighted by Gasteiger charge is -2.13. The van der Waals surface area contributed by atoms with Gasteiger partial charge in [0.05, 0.1) is 6.54 Å². The van der Waals surface area contributed by atoms with Crippen molar-refractivity contribution in [3.05, 3.63) is 55.7 Å². The number of benzene rings is 1. The third-order valence-corrected chi connectivity index (χ3v) is 4.36. The molecule has 0 bridgehead atoms. The summed E-state index contributed by atoms with van der Waals surface area (Å²) in [7, 11) is 5.55. The van der Waals surface area contributed by atoms with Gasteiger partial charge in [-0.15, -0.1) is 0 Å². The summed E-state index contributed by atoms with van der Waals surface area (Å²) in [6.45, 7) is 1.89. The highest BCUT2D eigenvalue weighted by atomic mass is 35.5. The minimum Gasteiger partial charge on any atom is -0.354 e. The number of aromatic amines is 1. The number of hydrogen-bond donors (Lipinski definition) is 2. The summed E-state index contributed by atoms with van der Waals surface area (Å²) in [6, 6.07) is 7.39. The fourth-order valence-corrected chi connectivity index (χ4v) is 2.81. The van der Waals surface area contributed by atoms with Crippen LogP contribution in [0.3, 0.4) is 0 Å². The number of aromatic nitrogens is 4. The van der Waals surface area contributed by atoms with Gasteiger partial charge in [-0.05, 0) is 31.8 Å². The lowest BCUT2D eigenvalue weighted by atomic mass is 10.2. The lowest BCUT2D eigenvalue weighted by molar-refractivity contribution is 0.424. The van der Waals surface area contributed by atoms with Gasteiger partial charge in [0, 0.05) is 25.2 Å². The minimum atomic E-state index is -0.488. The number of imidazole rings is 1. The molecule has 3 rings (SSSR count). The van der Waals surface area contributed by atoms with E-state index in [1.165, 1.54) is 4.57 Å². The van der Waals surface area contributed by atoms with Crippen LogP contribution in [0.5, 0.6) is 0 Å². The van der Waals surface area contributed by atoms with Gasteiger partial charge in [0.15, 0.2) is 11.2 Å². The zero-order chi connectivity index (χ0) is 18.8. The summed E-state index contributed by atoms with van der Waals surface area (Å²) in [5, 5.41) is 3.90. The van der Waals surface area contributed by atoms with E-state index in [9.17, 15) is 9.59 Å². The van der Waals surface area contributed by atoms with Crippen LogP contribution in [0.15, 0.2) is 33.9 Å². The molecule has 3 aromatic rings. The Morgan fingerprint density at radius 3 is 2.58 bits per heavy atom. The van der Waals surface area contributed by atoms with Crippen molar-refractivity contribution < 1.29 is 0 Å². The van der Waals surface area contributed by atoms with Crippen LogP contribution in [0.4, 0.5) is 5.95 Å². The van der Waals surface area contributed by atoms with Crippen molar-refractivity contribution in [1.29, 1.82) is 0 Å². The van der Waals surface area contributed by atoms with Gasteiger partial charge in [0.2, 0.25) is 5.95 Å². The molecular weight excluding hydrogens is 356 g/mol. The zero-order valence-electron chi connectivity index (χ0n) is 14.9. The van der Waals surface area contributed by atoms with E-state index >= 15 is 0 Å². The van der Waals surface area contributed by atoms with Gasteiger partial charge in [0.25, 0.3) is 5.56 Å². The second-order valence-electron chi connectivity index (χ2n) is 6.37. The third kappa shape index (κ3) is 3.66. The smallest absolute Gasteiger partial charge is 0.329 e. The van der Waals surface area contributed by atoms with Crippen LogP contribution in [-0.2, 0) is 13.6 Å². The van der Waals surface area contributed by atoms with Crippen molar-refractivity contribution in [2.24, 2.45) is 7.05 Å². The molecule has 0 aliphatic heterocycles. The number of halogens is 1. The standard InChI is InChI=1S/C17H21ClN6O2/c1-22(2)9-8-19-16-20-14-13(15(25)21-17(26)23(14)3)24(16)10-11-4-6-12(18)7-5-11/h4-7H,8-10H2,1-3H3,(H,19,20)(H,21,25,26). The number of likely N-dealkylation sites (N-methyl/N-ethyl adjacent to an activating group) is 1. The summed E-state index contributed by atoms with van der Waals surface area (Å²) in [5.74, 6) is 0.545. The van der Waals surface area contributed by atoms with E-state index in [2.05, 4.69) is 15.3 Å². The second-order valence-corrected chi connectivity index (χ2v) is 6.81. The third-order valence-electron chi connectivity index (χ3n) is 4.10. The molecule has 2 heterocycles. The maximum Gasteiger partial charge on any atom is 0.329 e.